The minimum absolute atomic E-state index is 0.318. The van der Waals surface area contributed by atoms with Gasteiger partial charge < -0.3 is 9.94 Å². The van der Waals surface area contributed by atoms with Crippen molar-refractivity contribution >= 4 is 5.71 Å². The normalized spacial score (nSPS) is 11.8. The molecule has 1 aromatic rings. The first-order valence-electron chi connectivity index (χ1n) is 4.46. The standard InChI is InChI=1S/C11H15NO2/c1-8-4-5-10(6-9(8)2)11(12-13)7-14-3/h4-6,13H,7H2,1-3H3. The van der Waals surface area contributed by atoms with Crippen LogP contribution in [0.2, 0.25) is 0 Å². The average Bonchev–Trinajstić information content (AvgIpc) is 2.19. The molecule has 0 bridgehead atoms. The van der Waals surface area contributed by atoms with Crippen molar-refractivity contribution in [3.05, 3.63) is 34.9 Å². The molecule has 3 heteroatoms. The van der Waals surface area contributed by atoms with E-state index >= 15 is 0 Å². The highest BCUT2D eigenvalue weighted by molar-refractivity contribution is 6.01. The molecule has 0 fully saturated rings. The summed E-state index contributed by atoms with van der Waals surface area (Å²) in [6, 6.07) is 5.92. The minimum Gasteiger partial charge on any atom is -0.411 e. The molecule has 0 saturated heterocycles. The second-order valence-corrected chi connectivity index (χ2v) is 3.28. The van der Waals surface area contributed by atoms with E-state index in [0.29, 0.717) is 12.3 Å². The lowest BCUT2D eigenvalue weighted by Gasteiger charge is -2.06. The molecule has 0 spiro atoms. The molecule has 1 rings (SSSR count). The zero-order chi connectivity index (χ0) is 10.6. The van der Waals surface area contributed by atoms with Gasteiger partial charge in [0.1, 0.15) is 5.71 Å². The maximum Gasteiger partial charge on any atom is 0.112 e. The largest absolute Gasteiger partial charge is 0.411 e. The topological polar surface area (TPSA) is 41.8 Å². The van der Waals surface area contributed by atoms with Crippen molar-refractivity contribution in [3.63, 3.8) is 0 Å². The van der Waals surface area contributed by atoms with Crippen molar-refractivity contribution in [1.29, 1.82) is 0 Å². The Morgan fingerprint density at radius 2 is 2.07 bits per heavy atom. The molecule has 0 amide bonds. The second-order valence-electron chi connectivity index (χ2n) is 3.28. The fourth-order valence-corrected chi connectivity index (χ4v) is 1.23. The number of nitrogens with zero attached hydrogens (tertiary/aromatic N) is 1. The third-order valence-electron chi connectivity index (χ3n) is 2.24. The first-order chi connectivity index (χ1) is 6.69. The van der Waals surface area contributed by atoms with Gasteiger partial charge in [0, 0.05) is 12.7 Å². The Kier molecular flexibility index (Phi) is 3.65. The van der Waals surface area contributed by atoms with E-state index in [4.69, 9.17) is 9.94 Å². The number of aryl methyl sites for hydroxylation is 2. The average molecular weight is 193 g/mol. The van der Waals surface area contributed by atoms with Gasteiger partial charge in [-0.2, -0.15) is 0 Å². The summed E-state index contributed by atoms with van der Waals surface area (Å²) in [4.78, 5) is 0. The van der Waals surface area contributed by atoms with Crippen molar-refractivity contribution < 1.29 is 9.94 Å². The zero-order valence-corrected chi connectivity index (χ0v) is 8.74. The summed E-state index contributed by atoms with van der Waals surface area (Å²) < 4.78 is 4.93. The molecule has 0 aromatic heterocycles. The first kappa shape index (κ1) is 10.7. The first-order valence-corrected chi connectivity index (χ1v) is 4.46. The van der Waals surface area contributed by atoms with Gasteiger partial charge in [0.15, 0.2) is 0 Å². The van der Waals surface area contributed by atoms with Crippen LogP contribution in [-0.4, -0.2) is 24.6 Å². The molecule has 0 aliphatic rings. The van der Waals surface area contributed by atoms with Gasteiger partial charge in [-0.05, 0) is 31.0 Å². The molecule has 0 aliphatic heterocycles. The summed E-state index contributed by atoms with van der Waals surface area (Å²) in [5, 5.41) is 12.0. The van der Waals surface area contributed by atoms with E-state index in [9.17, 15) is 0 Å². The molecule has 0 unspecified atom stereocenters. The van der Waals surface area contributed by atoms with Gasteiger partial charge in [-0.3, -0.25) is 0 Å². The third kappa shape index (κ3) is 2.33. The fraction of sp³-hybridized carbons (Fsp3) is 0.364. The van der Waals surface area contributed by atoms with Gasteiger partial charge in [0.2, 0.25) is 0 Å². The molecule has 0 aliphatic carbocycles. The van der Waals surface area contributed by atoms with Gasteiger partial charge in [-0.15, -0.1) is 0 Å². The number of methoxy groups -OCH3 is 1. The van der Waals surface area contributed by atoms with Gasteiger partial charge in [0.05, 0.1) is 6.61 Å². The second kappa shape index (κ2) is 4.77. The molecule has 3 nitrogen and oxygen atoms in total. The molecule has 0 saturated carbocycles. The molecule has 14 heavy (non-hydrogen) atoms. The van der Waals surface area contributed by atoms with Gasteiger partial charge in [-0.25, -0.2) is 0 Å². The summed E-state index contributed by atoms with van der Waals surface area (Å²) >= 11 is 0. The van der Waals surface area contributed by atoms with E-state index in [-0.39, 0.29) is 0 Å². The molecule has 1 N–H and O–H groups in total. The van der Waals surface area contributed by atoms with Crippen LogP contribution in [-0.2, 0) is 4.74 Å². The lowest BCUT2D eigenvalue weighted by molar-refractivity contribution is 0.238. The Balaban J connectivity index is 3.00. The van der Waals surface area contributed by atoms with Crippen LogP contribution in [0.3, 0.4) is 0 Å². The molecule has 0 radical (unpaired) electrons. The van der Waals surface area contributed by atoms with E-state index in [0.717, 1.165) is 5.56 Å². The Labute approximate surface area is 84.0 Å². The van der Waals surface area contributed by atoms with Crippen molar-refractivity contribution in [2.75, 3.05) is 13.7 Å². The monoisotopic (exact) mass is 193 g/mol. The van der Waals surface area contributed by atoms with Crippen molar-refractivity contribution in [2.24, 2.45) is 5.16 Å². The maximum absolute atomic E-state index is 8.78. The SMILES string of the molecule is COCC(=NO)c1ccc(C)c(C)c1. The van der Waals surface area contributed by atoms with E-state index in [1.54, 1.807) is 7.11 Å². The van der Waals surface area contributed by atoms with E-state index in [2.05, 4.69) is 5.16 Å². The van der Waals surface area contributed by atoms with Gasteiger partial charge >= 0.3 is 0 Å². The van der Waals surface area contributed by atoms with Crippen LogP contribution in [0.25, 0.3) is 0 Å². The molecular weight excluding hydrogens is 178 g/mol. The number of oxime groups is 1. The van der Waals surface area contributed by atoms with Crippen LogP contribution in [0.4, 0.5) is 0 Å². The lowest BCUT2D eigenvalue weighted by atomic mass is 10.0. The maximum atomic E-state index is 8.78. The minimum atomic E-state index is 0.318. The summed E-state index contributed by atoms with van der Waals surface area (Å²) in [5.74, 6) is 0. The predicted molar refractivity (Wildman–Crippen MR) is 56.1 cm³/mol. The number of hydrogen-bond donors (Lipinski definition) is 1. The highest BCUT2D eigenvalue weighted by atomic mass is 16.5. The van der Waals surface area contributed by atoms with Crippen LogP contribution in [0.15, 0.2) is 23.4 Å². The number of benzene rings is 1. The van der Waals surface area contributed by atoms with Crippen LogP contribution in [0.1, 0.15) is 16.7 Å². The number of hydrogen-bond acceptors (Lipinski definition) is 3. The molecule has 1 aromatic carbocycles. The number of ether oxygens (including phenoxy) is 1. The summed E-state index contributed by atoms with van der Waals surface area (Å²) in [6.07, 6.45) is 0. The number of rotatable bonds is 3. The molecule has 76 valence electrons. The summed E-state index contributed by atoms with van der Waals surface area (Å²) in [5.41, 5.74) is 3.86. The molecule has 0 atom stereocenters. The van der Waals surface area contributed by atoms with E-state index in [1.807, 2.05) is 32.0 Å². The van der Waals surface area contributed by atoms with Gasteiger partial charge in [-0.1, -0.05) is 17.3 Å². The van der Waals surface area contributed by atoms with E-state index in [1.165, 1.54) is 11.1 Å². The Bertz CT molecular complexity index is 345. The van der Waals surface area contributed by atoms with Crippen LogP contribution >= 0.6 is 0 Å². The highest BCUT2D eigenvalue weighted by Gasteiger charge is 2.04. The van der Waals surface area contributed by atoms with Crippen LogP contribution in [0, 0.1) is 13.8 Å². The molecular formula is C11H15NO2. The summed E-state index contributed by atoms with van der Waals surface area (Å²) in [6.45, 7) is 4.39. The molecule has 0 heterocycles. The fourth-order valence-electron chi connectivity index (χ4n) is 1.23. The van der Waals surface area contributed by atoms with Crippen LogP contribution < -0.4 is 0 Å². The summed E-state index contributed by atoms with van der Waals surface area (Å²) in [7, 11) is 1.58. The lowest BCUT2D eigenvalue weighted by Crippen LogP contribution is -2.09. The van der Waals surface area contributed by atoms with Crippen molar-refractivity contribution in [2.45, 2.75) is 13.8 Å². The third-order valence-corrected chi connectivity index (χ3v) is 2.24. The van der Waals surface area contributed by atoms with Crippen LogP contribution in [0.5, 0.6) is 0 Å². The smallest absolute Gasteiger partial charge is 0.112 e. The van der Waals surface area contributed by atoms with Gasteiger partial charge in [0.25, 0.3) is 0 Å². The Hall–Kier alpha value is -1.35. The Morgan fingerprint density at radius 1 is 1.36 bits per heavy atom. The van der Waals surface area contributed by atoms with Crippen molar-refractivity contribution in [3.8, 4) is 0 Å². The predicted octanol–water partition coefficient (Wildman–Crippen LogP) is 2.13. The van der Waals surface area contributed by atoms with E-state index < -0.39 is 0 Å². The highest BCUT2D eigenvalue weighted by Crippen LogP contribution is 2.10. The zero-order valence-electron chi connectivity index (χ0n) is 8.74. The van der Waals surface area contributed by atoms with Crippen molar-refractivity contribution in [1.82, 2.24) is 0 Å². The Morgan fingerprint density at radius 3 is 2.57 bits per heavy atom. The quantitative estimate of drug-likeness (QED) is 0.454.